The molecule has 0 aromatic heterocycles. The Kier molecular flexibility index (Phi) is 5.38. The number of hydrogen-bond acceptors (Lipinski definition) is 0. The van der Waals surface area contributed by atoms with Gasteiger partial charge in [-0.15, -0.1) is 0 Å². The van der Waals surface area contributed by atoms with Crippen LogP contribution in [0.4, 0.5) is 0 Å². The summed E-state index contributed by atoms with van der Waals surface area (Å²) < 4.78 is 0. The quantitative estimate of drug-likeness (QED) is 0.594. The lowest BCUT2D eigenvalue weighted by Gasteiger charge is -2.14. The highest BCUT2D eigenvalue weighted by Crippen LogP contribution is 2.26. The molecule has 0 aliphatic rings. The van der Waals surface area contributed by atoms with Crippen molar-refractivity contribution < 1.29 is 0 Å². The first-order valence-electron chi connectivity index (χ1n) is 7.97. The molecular formula is C22H26. The molecule has 0 N–H and O–H groups in total. The van der Waals surface area contributed by atoms with Crippen molar-refractivity contribution in [2.24, 2.45) is 5.92 Å². The van der Waals surface area contributed by atoms with Gasteiger partial charge < -0.3 is 0 Å². The first kappa shape index (κ1) is 16.3. The van der Waals surface area contributed by atoms with Crippen molar-refractivity contribution in [3.63, 3.8) is 0 Å². The summed E-state index contributed by atoms with van der Waals surface area (Å²) in [5, 5.41) is 0. The molecule has 0 nitrogen and oxygen atoms in total. The molecule has 2 rings (SSSR count). The second kappa shape index (κ2) is 7.26. The van der Waals surface area contributed by atoms with E-state index in [4.69, 9.17) is 0 Å². The summed E-state index contributed by atoms with van der Waals surface area (Å²) in [6.45, 7) is 13.0. The van der Waals surface area contributed by atoms with Crippen molar-refractivity contribution in [3.05, 3.63) is 83.4 Å². The fraction of sp³-hybridized carbons (Fsp3) is 0.273. The monoisotopic (exact) mass is 290 g/mol. The Morgan fingerprint density at radius 3 is 1.86 bits per heavy atom. The van der Waals surface area contributed by atoms with Crippen molar-refractivity contribution >= 4 is 11.1 Å². The maximum Gasteiger partial charge on any atom is -0.0156 e. The molecule has 0 heteroatoms. The van der Waals surface area contributed by atoms with Gasteiger partial charge in [0, 0.05) is 0 Å². The van der Waals surface area contributed by atoms with Crippen molar-refractivity contribution in [1.82, 2.24) is 0 Å². The highest BCUT2D eigenvalue weighted by molar-refractivity contribution is 5.67. The molecule has 0 amide bonds. The van der Waals surface area contributed by atoms with Crippen LogP contribution in [0.5, 0.6) is 0 Å². The predicted molar refractivity (Wildman–Crippen MR) is 98.8 cm³/mol. The summed E-state index contributed by atoms with van der Waals surface area (Å²) in [5.74, 6) is 0.447. The first-order chi connectivity index (χ1) is 10.5. The summed E-state index contributed by atoms with van der Waals surface area (Å²) >= 11 is 0. The lowest BCUT2D eigenvalue weighted by Crippen LogP contribution is -1.97. The number of aryl methyl sites for hydroxylation is 2. The van der Waals surface area contributed by atoms with E-state index in [1.807, 2.05) is 0 Å². The van der Waals surface area contributed by atoms with Gasteiger partial charge >= 0.3 is 0 Å². The minimum atomic E-state index is 0.447. The Morgan fingerprint density at radius 2 is 1.36 bits per heavy atom. The topological polar surface area (TPSA) is 0 Å². The number of hydrogen-bond donors (Lipinski definition) is 0. The molecule has 0 aliphatic carbocycles. The van der Waals surface area contributed by atoms with E-state index in [1.165, 1.54) is 33.4 Å². The molecule has 0 saturated heterocycles. The first-order valence-corrected chi connectivity index (χ1v) is 7.97. The smallest absolute Gasteiger partial charge is 0.0156 e. The largest absolute Gasteiger partial charge is 0.0950 e. The third-order valence-electron chi connectivity index (χ3n) is 4.30. The van der Waals surface area contributed by atoms with Gasteiger partial charge in [0.25, 0.3) is 0 Å². The molecule has 1 atom stereocenters. The third-order valence-corrected chi connectivity index (χ3v) is 4.30. The second-order valence-corrected chi connectivity index (χ2v) is 6.28. The number of benzene rings is 2. The van der Waals surface area contributed by atoms with E-state index in [0.29, 0.717) is 5.92 Å². The molecule has 0 heterocycles. The lowest BCUT2D eigenvalue weighted by atomic mass is 9.91. The molecule has 0 saturated carbocycles. The zero-order chi connectivity index (χ0) is 16.1. The SMILES string of the molecule is C=C(c1ccc(C)cc1)C(C)C/C=C(\C)c1ccc(C)cc1. The minimum absolute atomic E-state index is 0.447. The van der Waals surface area contributed by atoms with Crippen LogP contribution < -0.4 is 0 Å². The molecule has 114 valence electrons. The van der Waals surface area contributed by atoms with Crippen LogP contribution >= 0.6 is 0 Å². The molecule has 1 unspecified atom stereocenters. The van der Waals surface area contributed by atoms with Gasteiger partial charge in [0.1, 0.15) is 0 Å². The van der Waals surface area contributed by atoms with Gasteiger partial charge in [0.15, 0.2) is 0 Å². The van der Waals surface area contributed by atoms with Crippen LogP contribution in [0.2, 0.25) is 0 Å². The summed E-state index contributed by atoms with van der Waals surface area (Å²) in [7, 11) is 0. The number of allylic oxidation sites excluding steroid dienone is 3. The van der Waals surface area contributed by atoms with Gasteiger partial charge in [0.2, 0.25) is 0 Å². The zero-order valence-corrected chi connectivity index (χ0v) is 14.2. The van der Waals surface area contributed by atoms with E-state index in [0.717, 1.165) is 6.42 Å². The van der Waals surface area contributed by atoms with E-state index in [1.54, 1.807) is 0 Å². The second-order valence-electron chi connectivity index (χ2n) is 6.28. The van der Waals surface area contributed by atoms with Gasteiger partial charge in [-0.05, 0) is 55.4 Å². The molecule has 2 aromatic rings. The molecular weight excluding hydrogens is 264 g/mol. The fourth-order valence-electron chi connectivity index (χ4n) is 2.48. The standard InChI is InChI=1S/C22H26/c1-16-6-12-21(13-7-16)19(4)11-10-18(3)20(5)22-14-8-17(2)9-15-22/h6-9,11-15,18H,5,10H2,1-4H3/b19-11+. The molecule has 0 spiro atoms. The van der Waals surface area contributed by atoms with Crippen LogP contribution in [0.15, 0.2) is 61.2 Å². The van der Waals surface area contributed by atoms with Gasteiger partial charge in [0.05, 0.1) is 0 Å². The Labute approximate surface area is 135 Å². The van der Waals surface area contributed by atoms with E-state index >= 15 is 0 Å². The summed E-state index contributed by atoms with van der Waals surface area (Å²) in [6.07, 6.45) is 3.35. The van der Waals surface area contributed by atoms with E-state index in [-0.39, 0.29) is 0 Å². The molecule has 0 fully saturated rings. The van der Waals surface area contributed by atoms with E-state index in [9.17, 15) is 0 Å². The van der Waals surface area contributed by atoms with Crippen LogP contribution in [0.1, 0.15) is 42.5 Å². The Hall–Kier alpha value is -2.08. The van der Waals surface area contributed by atoms with Crippen molar-refractivity contribution in [3.8, 4) is 0 Å². The van der Waals surface area contributed by atoms with Gasteiger partial charge in [-0.2, -0.15) is 0 Å². The Balaban J connectivity index is 2.03. The van der Waals surface area contributed by atoms with Gasteiger partial charge in [-0.1, -0.05) is 79.2 Å². The summed E-state index contributed by atoms with van der Waals surface area (Å²) in [6, 6.07) is 17.4. The molecule has 0 bridgehead atoms. The van der Waals surface area contributed by atoms with E-state index in [2.05, 4.69) is 88.9 Å². The third kappa shape index (κ3) is 4.21. The Bertz CT molecular complexity index is 654. The minimum Gasteiger partial charge on any atom is -0.0950 e. The van der Waals surface area contributed by atoms with E-state index < -0.39 is 0 Å². The molecule has 2 aromatic carbocycles. The molecule has 22 heavy (non-hydrogen) atoms. The lowest BCUT2D eigenvalue weighted by molar-refractivity contribution is 0.768. The van der Waals surface area contributed by atoms with Crippen LogP contribution in [-0.2, 0) is 0 Å². The highest BCUT2D eigenvalue weighted by atomic mass is 14.1. The summed E-state index contributed by atoms with van der Waals surface area (Å²) in [4.78, 5) is 0. The van der Waals surface area contributed by atoms with Crippen molar-refractivity contribution in [1.29, 1.82) is 0 Å². The summed E-state index contributed by atoms with van der Waals surface area (Å²) in [5.41, 5.74) is 7.70. The van der Waals surface area contributed by atoms with Gasteiger partial charge in [-0.3, -0.25) is 0 Å². The fourth-order valence-corrected chi connectivity index (χ4v) is 2.48. The average Bonchev–Trinajstić information content (AvgIpc) is 2.53. The van der Waals surface area contributed by atoms with Crippen LogP contribution in [-0.4, -0.2) is 0 Å². The maximum absolute atomic E-state index is 4.29. The average molecular weight is 290 g/mol. The van der Waals surface area contributed by atoms with Crippen LogP contribution in [0, 0.1) is 19.8 Å². The van der Waals surface area contributed by atoms with Gasteiger partial charge in [-0.25, -0.2) is 0 Å². The van der Waals surface area contributed by atoms with Crippen molar-refractivity contribution in [2.75, 3.05) is 0 Å². The zero-order valence-electron chi connectivity index (χ0n) is 14.2. The predicted octanol–water partition coefficient (Wildman–Crippen LogP) is 6.45. The molecule has 0 radical (unpaired) electrons. The maximum atomic E-state index is 4.29. The number of rotatable bonds is 5. The van der Waals surface area contributed by atoms with Crippen LogP contribution in [0.25, 0.3) is 11.1 Å². The van der Waals surface area contributed by atoms with Crippen molar-refractivity contribution in [2.45, 2.75) is 34.1 Å². The Morgan fingerprint density at radius 1 is 0.909 bits per heavy atom. The van der Waals surface area contributed by atoms with Crippen LogP contribution in [0.3, 0.4) is 0 Å². The highest BCUT2D eigenvalue weighted by Gasteiger charge is 2.08. The normalized spacial score (nSPS) is 13.0. The molecule has 0 aliphatic heterocycles.